The highest BCUT2D eigenvalue weighted by Crippen LogP contribution is 2.17. The van der Waals surface area contributed by atoms with Crippen molar-refractivity contribution in [3.05, 3.63) is 41.5 Å². The van der Waals surface area contributed by atoms with Gasteiger partial charge in [-0.3, -0.25) is 8.98 Å². The fourth-order valence-corrected chi connectivity index (χ4v) is 3.25. The Bertz CT molecular complexity index is 710. The highest BCUT2D eigenvalue weighted by molar-refractivity contribution is 7.86. The van der Waals surface area contributed by atoms with Crippen molar-refractivity contribution >= 4 is 16.1 Å². The van der Waals surface area contributed by atoms with E-state index in [-0.39, 0.29) is 17.5 Å². The van der Waals surface area contributed by atoms with Crippen molar-refractivity contribution in [3.63, 3.8) is 0 Å². The van der Waals surface area contributed by atoms with Gasteiger partial charge < -0.3 is 4.74 Å². The molecule has 0 unspecified atom stereocenters. The van der Waals surface area contributed by atoms with E-state index in [1.54, 1.807) is 24.3 Å². The normalized spacial score (nSPS) is 12.9. The van der Waals surface area contributed by atoms with Crippen LogP contribution in [0.1, 0.15) is 58.9 Å². The molecule has 0 saturated heterocycles. The molecule has 0 spiro atoms. The number of esters is 1. The number of hydrogen-bond donors (Lipinski definition) is 0. The molecule has 1 rings (SSSR count). The number of rotatable bonds is 9. The number of carbonyl (C=O) groups is 1. The lowest BCUT2D eigenvalue weighted by Gasteiger charge is -2.19. The zero-order valence-electron chi connectivity index (χ0n) is 16.4. The average Bonchev–Trinajstić information content (AvgIpc) is 2.53. The summed E-state index contributed by atoms with van der Waals surface area (Å²) >= 11 is 0. The number of aryl methyl sites for hydroxylation is 1. The van der Waals surface area contributed by atoms with E-state index in [0.29, 0.717) is 25.7 Å². The summed E-state index contributed by atoms with van der Waals surface area (Å²) in [7, 11) is -3.72. The van der Waals surface area contributed by atoms with Gasteiger partial charge in [0.2, 0.25) is 0 Å². The Hall–Kier alpha value is -1.66. The van der Waals surface area contributed by atoms with Crippen molar-refractivity contribution in [2.75, 3.05) is 6.61 Å². The minimum absolute atomic E-state index is 0.111. The number of ether oxygens (including phenoxy) is 1. The van der Waals surface area contributed by atoms with Gasteiger partial charge in [0.1, 0.15) is 5.60 Å². The van der Waals surface area contributed by atoms with E-state index < -0.39 is 15.7 Å². The number of carbonyl (C=O) groups excluding carboxylic acids is 1. The molecule has 0 amide bonds. The first-order valence-electron chi connectivity index (χ1n) is 8.85. The lowest BCUT2D eigenvalue weighted by atomic mass is 10.0. The predicted octanol–water partition coefficient (Wildman–Crippen LogP) is 4.55. The van der Waals surface area contributed by atoms with Gasteiger partial charge in [-0.05, 0) is 66.0 Å². The van der Waals surface area contributed by atoms with Gasteiger partial charge in [-0.2, -0.15) is 8.42 Å². The molecule has 1 aromatic carbocycles. The van der Waals surface area contributed by atoms with Crippen molar-refractivity contribution in [2.24, 2.45) is 0 Å². The van der Waals surface area contributed by atoms with Crippen LogP contribution in [-0.2, 0) is 23.8 Å². The molecule has 0 atom stereocenters. The molecule has 0 heterocycles. The van der Waals surface area contributed by atoms with Crippen molar-refractivity contribution in [3.8, 4) is 0 Å². The van der Waals surface area contributed by atoms with E-state index >= 15 is 0 Å². The van der Waals surface area contributed by atoms with Crippen LogP contribution in [0, 0.1) is 6.92 Å². The monoisotopic (exact) mass is 382 g/mol. The smallest absolute Gasteiger partial charge is 0.306 e. The van der Waals surface area contributed by atoms with Crippen molar-refractivity contribution in [1.29, 1.82) is 0 Å². The SMILES string of the molecule is C/C=C(/CCCOS(=O)(=O)c1ccc(C)cc1)CCC(=O)OC(C)(C)C. The predicted molar refractivity (Wildman–Crippen MR) is 102 cm³/mol. The molecule has 0 bridgehead atoms. The van der Waals surface area contributed by atoms with Crippen LogP contribution >= 0.6 is 0 Å². The van der Waals surface area contributed by atoms with Crippen LogP contribution in [-0.4, -0.2) is 26.6 Å². The van der Waals surface area contributed by atoms with Crippen LogP contribution < -0.4 is 0 Å². The molecule has 0 aliphatic rings. The second-order valence-electron chi connectivity index (χ2n) is 7.23. The number of benzene rings is 1. The Morgan fingerprint density at radius 2 is 1.69 bits per heavy atom. The molecule has 0 N–H and O–H groups in total. The van der Waals surface area contributed by atoms with Gasteiger partial charge in [-0.15, -0.1) is 0 Å². The summed E-state index contributed by atoms with van der Waals surface area (Å²) in [6.45, 7) is 9.44. The molecule has 6 heteroatoms. The fourth-order valence-electron chi connectivity index (χ4n) is 2.31. The summed E-state index contributed by atoms with van der Waals surface area (Å²) < 4.78 is 34.6. The molecule has 0 radical (unpaired) electrons. The summed E-state index contributed by atoms with van der Waals surface area (Å²) in [5, 5.41) is 0. The molecule has 1 aromatic rings. The van der Waals surface area contributed by atoms with E-state index in [0.717, 1.165) is 11.1 Å². The molecule has 5 nitrogen and oxygen atoms in total. The van der Waals surface area contributed by atoms with Gasteiger partial charge in [-0.1, -0.05) is 29.3 Å². The van der Waals surface area contributed by atoms with Gasteiger partial charge in [0.15, 0.2) is 0 Å². The van der Waals surface area contributed by atoms with E-state index in [4.69, 9.17) is 8.92 Å². The standard InChI is InChI=1S/C20H30O5S/c1-6-17(11-14-19(21)25-20(3,4)5)8-7-15-24-26(22,23)18-12-9-16(2)10-13-18/h6,9-10,12-13H,7-8,11,14-15H2,1-5H3/b17-6-. The van der Waals surface area contributed by atoms with Crippen LogP contribution in [0.2, 0.25) is 0 Å². The Morgan fingerprint density at radius 3 is 2.23 bits per heavy atom. The highest BCUT2D eigenvalue weighted by Gasteiger charge is 2.17. The Morgan fingerprint density at radius 1 is 1.08 bits per heavy atom. The fraction of sp³-hybridized carbons (Fsp3) is 0.550. The average molecular weight is 383 g/mol. The van der Waals surface area contributed by atoms with Crippen LogP contribution in [0.3, 0.4) is 0 Å². The molecule has 146 valence electrons. The van der Waals surface area contributed by atoms with E-state index in [9.17, 15) is 13.2 Å². The molecule has 26 heavy (non-hydrogen) atoms. The van der Waals surface area contributed by atoms with Gasteiger partial charge in [0.05, 0.1) is 11.5 Å². The highest BCUT2D eigenvalue weighted by atomic mass is 32.2. The number of hydrogen-bond acceptors (Lipinski definition) is 5. The molecular formula is C20H30O5S. The lowest BCUT2D eigenvalue weighted by molar-refractivity contribution is -0.154. The summed E-state index contributed by atoms with van der Waals surface area (Å²) in [6, 6.07) is 6.57. The minimum Gasteiger partial charge on any atom is -0.460 e. The first-order valence-corrected chi connectivity index (χ1v) is 10.3. The molecule has 0 aliphatic carbocycles. The molecule has 0 aromatic heterocycles. The van der Waals surface area contributed by atoms with E-state index in [2.05, 4.69) is 0 Å². The summed E-state index contributed by atoms with van der Waals surface area (Å²) in [4.78, 5) is 11.9. The van der Waals surface area contributed by atoms with Crippen LogP contribution in [0.15, 0.2) is 40.8 Å². The Labute approximate surface area is 157 Å². The number of allylic oxidation sites excluding steroid dienone is 2. The molecular weight excluding hydrogens is 352 g/mol. The Kier molecular flexibility index (Phi) is 8.50. The van der Waals surface area contributed by atoms with Crippen molar-refractivity contribution in [2.45, 2.75) is 70.8 Å². The third kappa shape index (κ3) is 8.63. The maximum absolute atomic E-state index is 12.1. The second-order valence-corrected chi connectivity index (χ2v) is 8.84. The maximum Gasteiger partial charge on any atom is 0.306 e. The molecule has 0 aliphatic heterocycles. The van der Waals surface area contributed by atoms with E-state index in [1.807, 2.05) is 40.7 Å². The third-order valence-corrected chi connectivity index (χ3v) is 5.00. The second kappa shape index (κ2) is 9.88. The molecule has 0 fully saturated rings. The first-order chi connectivity index (χ1) is 12.0. The van der Waals surface area contributed by atoms with Gasteiger partial charge in [0, 0.05) is 6.42 Å². The Balaban J connectivity index is 2.39. The minimum atomic E-state index is -3.72. The quantitative estimate of drug-likeness (QED) is 0.271. The summed E-state index contributed by atoms with van der Waals surface area (Å²) in [5.74, 6) is -0.227. The van der Waals surface area contributed by atoms with Crippen LogP contribution in [0.25, 0.3) is 0 Å². The maximum atomic E-state index is 12.1. The van der Waals surface area contributed by atoms with E-state index in [1.165, 1.54) is 0 Å². The van der Waals surface area contributed by atoms with Gasteiger partial charge in [0.25, 0.3) is 10.1 Å². The topological polar surface area (TPSA) is 69.7 Å². The largest absolute Gasteiger partial charge is 0.460 e. The first kappa shape index (κ1) is 22.4. The van der Waals surface area contributed by atoms with Crippen LogP contribution in [0.4, 0.5) is 0 Å². The van der Waals surface area contributed by atoms with Crippen molar-refractivity contribution in [1.82, 2.24) is 0 Å². The zero-order valence-corrected chi connectivity index (χ0v) is 17.2. The lowest BCUT2D eigenvalue weighted by Crippen LogP contribution is -2.23. The molecule has 0 saturated carbocycles. The summed E-state index contributed by atoms with van der Waals surface area (Å²) in [6.07, 6.45) is 4.14. The summed E-state index contributed by atoms with van der Waals surface area (Å²) in [5.41, 5.74) is 1.60. The third-order valence-electron chi connectivity index (χ3n) is 3.67. The van der Waals surface area contributed by atoms with Gasteiger partial charge in [-0.25, -0.2) is 0 Å². The van der Waals surface area contributed by atoms with Gasteiger partial charge >= 0.3 is 5.97 Å². The van der Waals surface area contributed by atoms with Crippen molar-refractivity contribution < 1.29 is 22.1 Å². The van der Waals surface area contributed by atoms with Crippen LogP contribution in [0.5, 0.6) is 0 Å². The zero-order chi connectivity index (χ0) is 19.8.